The fourth-order valence-electron chi connectivity index (χ4n) is 2.38. The Morgan fingerprint density at radius 2 is 1.71 bits per heavy atom. The Labute approximate surface area is 122 Å². The topological polar surface area (TPSA) is 74.6 Å². The van der Waals surface area contributed by atoms with E-state index in [0.29, 0.717) is 17.5 Å². The van der Waals surface area contributed by atoms with Crippen LogP contribution in [-0.4, -0.2) is 22.2 Å². The number of carboxylic acid groups (broad SMARTS) is 2. The molecule has 21 heavy (non-hydrogen) atoms. The van der Waals surface area contributed by atoms with Crippen molar-refractivity contribution in [3.63, 3.8) is 0 Å². The van der Waals surface area contributed by atoms with E-state index in [-0.39, 0.29) is 5.56 Å². The average molecular weight is 284 g/mol. The van der Waals surface area contributed by atoms with E-state index in [9.17, 15) is 19.8 Å². The predicted octanol–water partition coefficient (Wildman–Crippen LogP) is 3.63. The first-order chi connectivity index (χ1) is 10.0. The Bertz CT molecular complexity index is 662. The number of benzene rings is 2. The summed E-state index contributed by atoms with van der Waals surface area (Å²) in [6.07, 6.45) is 0.416. The van der Waals surface area contributed by atoms with Crippen molar-refractivity contribution in [2.24, 2.45) is 0 Å². The van der Waals surface area contributed by atoms with Crippen LogP contribution < -0.4 is 0 Å². The molecule has 2 rings (SSSR count). The number of aromatic carboxylic acids is 1. The number of aliphatic carboxylic acids is 1. The van der Waals surface area contributed by atoms with E-state index >= 15 is 0 Å². The molecule has 2 aromatic rings. The zero-order valence-electron chi connectivity index (χ0n) is 11.6. The lowest BCUT2D eigenvalue weighted by Gasteiger charge is -2.13. The molecule has 0 fully saturated rings. The van der Waals surface area contributed by atoms with Crippen molar-refractivity contribution >= 4 is 11.9 Å². The van der Waals surface area contributed by atoms with Crippen LogP contribution in [0.1, 0.15) is 35.2 Å². The Morgan fingerprint density at radius 1 is 1.05 bits per heavy atom. The lowest BCUT2D eigenvalue weighted by atomic mass is 9.91. The first-order valence-electron chi connectivity index (χ1n) is 6.70. The summed E-state index contributed by atoms with van der Waals surface area (Å²) in [7, 11) is 0. The molecule has 108 valence electrons. The molecule has 1 unspecified atom stereocenters. The summed E-state index contributed by atoms with van der Waals surface area (Å²) >= 11 is 0. The van der Waals surface area contributed by atoms with Crippen LogP contribution in [0.2, 0.25) is 0 Å². The molecule has 0 bridgehead atoms. The summed E-state index contributed by atoms with van der Waals surface area (Å²) in [6.45, 7) is 1.77. The summed E-state index contributed by atoms with van der Waals surface area (Å²) in [6, 6.07) is 14.0. The van der Waals surface area contributed by atoms with Gasteiger partial charge in [-0.15, -0.1) is 0 Å². The van der Waals surface area contributed by atoms with Crippen LogP contribution in [0.25, 0.3) is 11.1 Å². The molecule has 2 N–H and O–H groups in total. The third kappa shape index (κ3) is 3.11. The maximum Gasteiger partial charge on any atom is 0.336 e. The molecule has 0 aromatic heterocycles. The molecule has 0 saturated carbocycles. The monoisotopic (exact) mass is 284 g/mol. The van der Waals surface area contributed by atoms with Crippen molar-refractivity contribution in [1.82, 2.24) is 0 Å². The molecule has 0 saturated heterocycles. The Hall–Kier alpha value is -2.62. The number of hydrogen-bond acceptors (Lipinski definition) is 2. The van der Waals surface area contributed by atoms with E-state index in [1.807, 2.05) is 30.3 Å². The first kappa shape index (κ1) is 14.8. The minimum atomic E-state index is -1.06. The van der Waals surface area contributed by atoms with Crippen molar-refractivity contribution in [2.45, 2.75) is 19.3 Å². The standard InChI is InChI=1S/C17H16O4/c1-2-13(16(18)19)12-8-9-14(15(10-12)17(20)21)11-6-4-3-5-7-11/h3-10,13H,2H2,1H3,(H,18,19)(H,20,21). The van der Waals surface area contributed by atoms with E-state index in [1.54, 1.807) is 19.1 Å². The van der Waals surface area contributed by atoms with Crippen LogP contribution in [0.3, 0.4) is 0 Å². The second kappa shape index (κ2) is 6.22. The molecule has 0 aliphatic rings. The lowest BCUT2D eigenvalue weighted by molar-refractivity contribution is -0.138. The third-order valence-corrected chi connectivity index (χ3v) is 3.47. The maximum absolute atomic E-state index is 11.5. The Balaban J connectivity index is 2.55. The van der Waals surface area contributed by atoms with Gasteiger partial charge in [-0.3, -0.25) is 4.79 Å². The van der Waals surface area contributed by atoms with Gasteiger partial charge in [0.15, 0.2) is 0 Å². The molecule has 0 aliphatic carbocycles. The van der Waals surface area contributed by atoms with Gasteiger partial charge in [0.1, 0.15) is 0 Å². The largest absolute Gasteiger partial charge is 0.481 e. The molecular weight excluding hydrogens is 268 g/mol. The van der Waals surface area contributed by atoms with Crippen LogP contribution >= 0.6 is 0 Å². The van der Waals surface area contributed by atoms with Crippen LogP contribution in [0, 0.1) is 0 Å². The normalized spacial score (nSPS) is 11.9. The zero-order chi connectivity index (χ0) is 15.4. The van der Waals surface area contributed by atoms with Gasteiger partial charge in [-0.05, 0) is 29.2 Å². The second-order valence-electron chi connectivity index (χ2n) is 4.78. The highest BCUT2D eigenvalue weighted by Crippen LogP contribution is 2.28. The lowest BCUT2D eigenvalue weighted by Crippen LogP contribution is -2.12. The fourth-order valence-corrected chi connectivity index (χ4v) is 2.38. The SMILES string of the molecule is CCC(C(=O)O)c1ccc(-c2ccccc2)c(C(=O)O)c1. The van der Waals surface area contributed by atoms with Crippen molar-refractivity contribution in [1.29, 1.82) is 0 Å². The number of carboxylic acids is 2. The average Bonchev–Trinajstić information content (AvgIpc) is 2.48. The minimum Gasteiger partial charge on any atom is -0.481 e. The van der Waals surface area contributed by atoms with Crippen molar-refractivity contribution in [3.05, 3.63) is 59.7 Å². The second-order valence-corrected chi connectivity index (χ2v) is 4.78. The molecule has 0 heterocycles. The van der Waals surface area contributed by atoms with Gasteiger partial charge in [-0.2, -0.15) is 0 Å². The number of rotatable bonds is 5. The van der Waals surface area contributed by atoms with Crippen molar-refractivity contribution in [3.8, 4) is 11.1 Å². The highest BCUT2D eigenvalue weighted by Gasteiger charge is 2.20. The van der Waals surface area contributed by atoms with Gasteiger partial charge in [0, 0.05) is 0 Å². The van der Waals surface area contributed by atoms with E-state index in [4.69, 9.17) is 0 Å². The maximum atomic E-state index is 11.5. The van der Waals surface area contributed by atoms with Gasteiger partial charge >= 0.3 is 11.9 Å². The molecule has 4 heteroatoms. The molecule has 0 radical (unpaired) electrons. The van der Waals surface area contributed by atoms with E-state index in [2.05, 4.69) is 0 Å². The van der Waals surface area contributed by atoms with Gasteiger partial charge in [-0.1, -0.05) is 49.4 Å². The van der Waals surface area contributed by atoms with E-state index in [0.717, 1.165) is 5.56 Å². The van der Waals surface area contributed by atoms with Crippen LogP contribution in [0.5, 0.6) is 0 Å². The Kier molecular flexibility index (Phi) is 4.38. The molecule has 4 nitrogen and oxygen atoms in total. The highest BCUT2D eigenvalue weighted by molar-refractivity contribution is 5.96. The molecule has 1 atom stereocenters. The van der Waals surface area contributed by atoms with Gasteiger partial charge in [0.25, 0.3) is 0 Å². The van der Waals surface area contributed by atoms with Crippen LogP contribution in [-0.2, 0) is 4.79 Å². The van der Waals surface area contributed by atoms with E-state index < -0.39 is 17.9 Å². The van der Waals surface area contributed by atoms with Crippen molar-refractivity contribution < 1.29 is 19.8 Å². The van der Waals surface area contributed by atoms with Gasteiger partial charge < -0.3 is 10.2 Å². The molecule has 0 spiro atoms. The quantitative estimate of drug-likeness (QED) is 0.879. The summed E-state index contributed by atoms with van der Waals surface area (Å²) in [4.78, 5) is 22.7. The van der Waals surface area contributed by atoms with Gasteiger partial charge in [0.2, 0.25) is 0 Å². The number of hydrogen-bond donors (Lipinski definition) is 2. The van der Waals surface area contributed by atoms with Crippen LogP contribution in [0.4, 0.5) is 0 Å². The third-order valence-electron chi connectivity index (χ3n) is 3.47. The van der Waals surface area contributed by atoms with Crippen LogP contribution in [0.15, 0.2) is 48.5 Å². The fraction of sp³-hybridized carbons (Fsp3) is 0.176. The van der Waals surface area contributed by atoms with Gasteiger partial charge in [-0.25, -0.2) is 4.79 Å². The molecule has 0 amide bonds. The smallest absolute Gasteiger partial charge is 0.336 e. The van der Waals surface area contributed by atoms with E-state index in [1.165, 1.54) is 6.07 Å². The number of carbonyl (C=O) groups is 2. The molecular formula is C17H16O4. The molecule has 0 aliphatic heterocycles. The Morgan fingerprint density at radius 3 is 2.24 bits per heavy atom. The molecule has 2 aromatic carbocycles. The summed E-state index contributed by atoms with van der Waals surface area (Å²) < 4.78 is 0. The minimum absolute atomic E-state index is 0.124. The van der Waals surface area contributed by atoms with Crippen molar-refractivity contribution in [2.75, 3.05) is 0 Å². The highest BCUT2D eigenvalue weighted by atomic mass is 16.4. The summed E-state index contributed by atoms with van der Waals surface area (Å²) in [5, 5.41) is 18.6. The van der Waals surface area contributed by atoms with Gasteiger partial charge in [0.05, 0.1) is 11.5 Å². The predicted molar refractivity (Wildman–Crippen MR) is 79.5 cm³/mol. The first-order valence-corrected chi connectivity index (χ1v) is 6.70. The summed E-state index contributed by atoms with van der Waals surface area (Å²) in [5.74, 6) is -2.69. The summed E-state index contributed by atoms with van der Waals surface area (Å²) in [5.41, 5.74) is 2.03. The zero-order valence-corrected chi connectivity index (χ0v) is 11.6.